The molecule has 136 valence electrons. The zero-order chi connectivity index (χ0) is 18.5. The highest BCUT2D eigenvalue weighted by molar-refractivity contribution is 5.85. The predicted octanol–water partition coefficient (Wildman–Crippen LogP) is 5.75. The fourth-order valence-corrected chi connectivity index (χ4v) is 3.31. The van der Waals surface area contributed by atoms with E-state index in [1.165, 1.54) is 24.0 Å². The molecule has 3 heteroatoms. The molecule has 3 aromatic carbocycles. The van der Waals surface area contributed by atoms with E-state index in [9.17, 15) is 0 Å². The van der Waals surface area contributed by atoms with Crippen molar-refractivity contribution in [2.45, 2.75) is 32.3 Å². The Labute approximate surface area is 160 Å². The van der Waals surface area contributed by atoms with Gasteiger partial charge in [0.05, 0.1) is 5.69 Å². The second-order valence-electron chi connectivity index (χ2n) is 6.74. The molecule has 0 N–H and O–H groups in total. The summed E-state index contributed by atoms with van der Waals surface area (Å²) in [6.07, 6.45) is 3.20. The molecule has 3 nitrogen and oxygen atoms in total. The molecule has 27 heavy (non-hydrogen) atoms. The van der Waals surface area contributed by atoms with Gasteiger partial charge in [0.15, 0.2) is 6.10 Å². The molecule has 0 heterocycles. The van der Waals surface area contributed by atoms with Crippen molar-refractivity contribution in [3.05, 3.63) is 90.0 Å². The molecule has 1 atom stereocenters. The van der Waals surface area contributed by atoms with Crippen molar-refractivity contribution in [2.24, 2.45) is 4.99 Å². The van der Waals surface area contributed by atoms with Gasteiger partial charge >= 0.3 is 0 Å². The number of ether oxygens (including phenoxy) is 2. The monoisotopic (exact) mass is 357 g/mol. The van der Waals surface area contributed by atoms with Gasteiger partial charge in [-0.1, -0.05) is 42.5 Å². The summed E-state index contributed by atoms with van der Waals surface area (Å²) in [4.78, 5) is 4.80. The van der Waals surface area contributed by atoms with Gasteiger partial charge in [0.25, 0.3) is 0 Å². The maximum Gasteiger partial charge on any atom is 0.236 e. The van der Waals surface area contributed by atoms with Gasteiger partial charge < -0.3 is 9.47 Å². The van der Waals surface area contributed by atoms with Crippen LogP contribution in [0.15, 0.2) is 83.9 Å². The Morgan fingerprint density at radius 1 is 0.815 bits per heavy atom. The minimum absolute atomic E-state index is 0.319. The van der Waals surface area contributed by atoms with Gasteiger partial charge in [-0.05, 0) is 73.7 Å². The number of fused-ring (bicyclic) bond motifs is 1. The van der Waals surface area contributed by atoms with E-state index in [4.69, 9.17) is 14.5 Å². The Bertz CT molecular complexity index is 920. The summed E-state index contributed by atoms with van der Waals surface area (Å²) in [7, 11) is 0. The Balaban J connectivity index is 1.62. The van der Waals surface area contributed by atoms with E-state index in [2.05, 4.69) is 18.2 Å². The molecule has 0 saturated heterocycles. The SMILES string of the molecule is CC(Oc1ccccc1)C(=Nc1ccc2c(c1)CCC2)Oc1ccccc1. The first kappa shape index (κ1) is 17.3. The van der Waals surface area contributed by atoms with Crippen LogP contribution in [0, 0.1) is 0 Å². The third-order valence-electron chi connectivity index (χ3n) is 4.69. The lowest BCUT2D eigenvalue weighted by Crippen LogP contribution is -2.28. The molecule has 0 aromatic heterocycles. The summed E-state index contributed by atoms with van der Waals surface area (Å²) >= 11 is 0. The molecule has 3 aromatic rings. The number of benzene rings is 3. The minimum Gasteiger partial charge on any atom is -0.481 e. The van der Waals surface area contributed by atoms with Crippen LogP contribution in [0.1, 0.15) is 24.5 Å². The molecular formula is C24H23NO2. The lowest BCUT2D eigenvalue weighted by atomic mass is 10.1. The maximum absolute atomic E-state index is 6.10. The van der Waals surface area contributed by atoms with Crippen molar-refractivity contribution < 1.29 is 9.47 Å². The molecule has 1 aliphatic rings. The fraction of sp³-hybridized carbons (Fsp3) is 0.208. The van der Waals surface area contributed by atoms with E-state index in [-0.39, 0.29) is 6.10 Å². The standard InChI is InChI=1S/C24H23NO2/c1-18(26-22-11-4-2-5-12-22)24(27-23-13-6-3-7-14-23)25-21-16-15-19-9-8-10-20(19)17-21/h2-7,11-18H,8-10H2,1H3. The number of hydrogen-bond donors (Lipinski definition) is 0. The summed E-state index contributed by atoms with van der Waals surface area (Å²) in [5.41, 5.74) is 3.74. The normalized spacial score (nSPS) is 14.5. The van der Waals surface area contributed by atoms with Gasteiger partial charge in [-0.25, -0.2) is 4.99 Å². The summed E-state index contributed by atoms with van der Waals surface area (Å²) in [5, 5.41) is 0. The van der Waals surface area contributed by atoms with Gasteiger partial charge in [-0.3, -0.25) is 0 Å². The van der Waals surface area contributed by atoms with Gasteiger partial charge in [0.1, 0.15) is 11.5 Å². The highest BCUT2D eigenvalue weighted by atomic mass is 16.5. The van der Waals surface area contributed by atoms with E-state index in [0.29, 0.717) is 5.90 Å². The average molecular weight is 357 g/mol. The van der Waals surface area contributed by atoms with Crippen LogP contribution < -0.4 is 9.47 Å². The van der Waals surface area contributed by atoms with Crippen LogP contribution >= 0.6 is 0 Å². The van der Waals surface area contributed by atoms with E-state index in [0.717, 1.165) is 23.6 Å². The largest absolute Gasteiger partial charge is 0.481 e. The summed E-state index contributed by atoms with van der Waals surface area (Å²) in [5.74, 6) is 2.09. The first-order valence-electron chi connectivity index (χ1n) is 9.43. The van der Waals surface area contributed by atoms with Gasteiger partial charge in [-0.2, -0.15) is 0 Å². The summed E-state index contributed by atoms with van der Waals surface area (Å²) < 4.78 is 12.2. The first-order chi connectivity index (χ1) is 13.3. The van der Waals surface area contributed by atoms with E-state index >= 15 is 0 Å². The molecule has 1 unspecified atom stereocenters. The van der Waals surface area contributed by atoms with Crippen LogP contribution in [0.25, 0.3) is 0 Å². The fourth-order valence-electron chi connectivity index (χ4n) is 3.31. The average Bonchev–Trinajstić information content (AvgIpc) is 3.17. The van der Waals surface area contributed by atoms with E-state index < -0.39 is 0 Å². The molecular weight excluding hydrogens is 334 g/mol. The molecule has 0 radical (unpaired) electrons. The summed E-state index contributed by atoms with van der Waals surface area (Å²) in [6, 6.07) is 25.9. The van der Waals surface area contributed by atoms with Gasteiger partial charge in [0, 0.05) is 0 Å². The highest BCUT2D eigenvalue weighted by Crippen LogP contribution is 2.27. The Morgan fingerprint density at radius 2 is 1.48 bits per heavy atom. The number of nitrogens with zero attached hydrogens (tertiary/aromatic N) is 1. The zero-order valence-corrected chi connectivity index (χ0v) is 15.5. The third-order valence-corrected chi connectivity index (χ3v) is 4.69. The smallest absolute Gasteiger partial charge is 0.236 e. The number of aliphatic imine (C=N–C) groups is 1. The van der Waals surface area contributed by atoms with Crippen LogP contribution in [-0.2, 0) is 12.8 Å². The Kier molecular flexibility index (Phi) is 5.20. The number of rotatable bonds is 5. The molecule has 0 saturated carbocycles. The number of hydrogen-bond acceptors (Lipinski definition) is 3. The second-order valence-corrected chi connectivity index (χ2v) is 6.74. The van der Waals surface area contributed by atoms with Crippen molar-refractivity contribution in [1.29, 1.82) is 0 Å². The predicted molar refractivity (Wildman–Crippen MR) is 109 cm³/mol. The lowest BCUT2D eigenvalue weighted by Gasteiger charge is -2.18. The maximum atomic E-state index is 6.10. The van der Waals surface area contributed by atoms with Crippen LogP contribution in [-0.4, -0.2) is 12.0 Å². The van der Waals surface area contributed by atoms with Crippen molar-refractivity contribution in [2.75, 3.05) is 0 Å². The van der Waals surface area contributed by atoms with Crippen LogP contribution in [0.4, 0.5) is 5.69 Å². The second kappa shape index (κ2) is 8.09. The molecule has 0 bridgehead atoms. The molecule has 0 spiro atoms. The summed E-state index contributed by atoms with van der Waals surface area (Å²) in [6.45, 7) is 1.96. The third kappa shape index (κ3) is 4.37. The number of aryl methyl sites for hydroxylation is 2. The Morgan fingerprint density at radius 3 is 2.22 bits per heavy atom. The van der Waals surface area contributed by atoms with E-state index in [1.807, 2.05) is 67.6 Å². The topological polar surface area (TPSA) is 30.8 Å². The first-order valence-corrected chi connectivity index (χ1v) is 9.43. The van der Waals surface area contributed by atoms with Crippen LogP contribution in [0.3, 0.4) is 0 Å². The van der Waals surface area contributed by atoms with Gasteiger partial charge in [0.2, 0.25) is 5.90 Å². The Hall–Kier alpha value is -3.07. The molecule has 1 aliphatic carbocycles. The number of para-hydroxylation sites is 2. The quantitative estimate of drug-likeness (QED) is 0.430. The van der Waals surface area contributed by atoms with Crippen LogP contribution in [0.5, 0.6) is 11.5 Å². The van der Waals surface area contributed by atoms with E-state index in [1.54, 1.807) is 0 Å². The lowest BCUT2D eigenvalue weighted by molar-refractivity contribution is 0.262. The highest BCUT2D eigenvalue weighted by Gasteiger charge is 2.17. The van der Waals surface area contributed by atoms with Crippen molar-refractivity contribution in [3.63, 3.8) is 0 Å². The molecule has 4 rings (SSSR count). The van der Waals surface area contributed by atoms with Crippen LogP contribution in [0.2, 0.25) is 0 Å². The molecule has 0 amide bonds. The minimum atomic E-state index is -0.319. The zero-order valence-electron chi connectivity index (χ0n) is 15.5. The molecule has 0 fully saturated rings. The van der Waals surface area contributed by atoms with Crippen molar-refractivity contribution in [3.8, 4) is 11.5 Å². The van der Waals surface area contributed by atoms with Crippen molar-refractivity contribution >= 4 is 11.6 Å². The van der Waals surface area contributed by atoms with Crippen molar-refractivity contribution in [1.82, 2.24) is 0 Å². The van der Waals surface area contributed by atoms with Gasteiger partial charge in [-0.15, -0.1) is 0 Å². The molecule has 0 aliphatic heterocycles.